The third kappa shape index (κ3) is 3.12. The lowest BCUT2D eigenvalue weighted by Crippen LogP contribution is -2.40. The molecule has 2 aromatic carbocycles. The molecule has 3 aromatic rings. The maximum Gasteiger partial charge on any atom is 0.264 e. The average molecular weight is 397 g/mol. The van der Waals surface area contributed by atoms with E-state index >= 15 is 0 Å². The average Bonchev–Trinajstić information content (AvgIpc) is 3.01. The van der Waals surface area contributed by atoms with Gasteiger partial charge in [0.25, 0.3) is 11.5 Å². The Morgan fingerprint density at radius 3 is 2.71 bits per heavy atom. The van der Waals surface area contributed by atoms with Gasteiger partial charge >= 0.3 is 0 Å². The molecule has 1 unspecified atom stereocenters. The van der Waals surface area contributed by atoms with Crippen molar-refractivity contribution in [1.82, 2.24) is 4.57 Å². The molecule has 0 saturated heterocycles. The lowest BCUT2D eigenvalue weighted by molar-refractivity contribution is 0.0979. The summed E-state index contributed by atoms with van der Waals surface area (Å²) in [7, 11) is 0. The number of pyridine rings is 1. The Labute approximate surface area is 166 Å². The van der Waals surface area contributed by atoms with Crippen molar-refractivity contribution in [3.8, 4) is 0 Å². The minimum atomic E-state index is -0.488. The number of anilines is 1. The Morgan fingerprint density at radius 1 is 1.14 bits per heavy atom. The molecule has 1 aliphatic heterocycles. The van der Waals surface area contributed by atoms with Gasteiger partial charge in [-0.25, -0.2) is 4.39 Å². The molecule has 0 fully saturated rings. The molecule has 1 aliphatic rings. The number of rotatable bonds is 3. The van der Waals surface area contributed by atoms with Gasteiger partial charge in [0, 0.05) is 28.5 Å². The van der Waals surface area contributed by atoms with E-state index in [1.54, 1.807) is 17.0 Å². The van der Waals surface area contributed by atoms with Crippen LogP contribution in [0.3, 0.4) is 0 Å². The summed E-state index contributed by atoms with van der Waals surface area (Å²) in [6, 6.07) is 15.2. The molecule has 0 N–H and O–H groups in total. The summed E-state index contributed by atoms with van der Waals surface area (Å²) in [6.07, 6.45) is 2.27. The van der Waals surface area contributed by atoms with Gasteiger partial charge in [-0.15, -0.1) is 0 Å². The monoisotopic (exact) mass is 396 g/mol. The zero-order chi connectivity index (χ0) is 19.8. The Kier molecular flexibility index (Phi) is 4.77. The fourth-order valence-corrected chi connectivity index (χ4v) is 3.91. The van der Waals surface area contributed by atoms with Gasteiger partial charge in [-0.2, -0.15) is 0 Å². The van der Waals surface area contributed by atoms with E-state index in [1.165, 1.54) is 29.0 Å². The molecule has 28 heavy (non-hydrogen) atoms. The molecule has 4 rings (SSSR count). The second-order valence-corrected chi connectivity index (χ2v) is 7.32. The summed E-state index contributed by atoms with van der Waals surface area (Å²) in [6.45, 7) is 1.91. The standard InChI is InChI=1S/C22H18ClFN2O2/c1-14-12-15-6-2-3-10-20(15)26(14)22(28)16-7-5-11-25(21(16)27)13-17-18(23)8-4-9-19(17)24/h2-11,14H,12-13H2,1H3. The number of hydrogen-bond acceptors (Lipinski definition) is 2. The van der Waals surface area contributed by atoms with Crippen molar-refractivity contribution in [3.63, 3.8) is 0 Å². The van der Waals surface area contributed by atoms with Gasteiger partial charge in [0.15, 0.2) is 0 Å². The molecule has 0 spiro atoms. The first-order valence-electron chi connectivity index (χ1n) is 9.01. The molecule has 4 nitrogen and oxygen atoms in total. The summed E-state index contributed by atoms with van der Waals surface area (Å²) < 4.78 is 15.4. The van der Waals surface area contributed by atoms with Crippen LogP contribution in [-0.2, 0) is 13.0 Å². The molecule has 1 aromatic heterocycles. The van der Waals surface area contributed by atoms with E-state index < -0.39 is 11.4 Å². The smallest absolute Gasteiger partial charge is 0.264 e. The van der Waals surface area contributed by atoms with Crippen LogP contribution in [-0.4, -0.2) is 16.5 Å². The van der Waals surface area contributed by atoms with Crippen molar-refractivity contribution in [1.29, 1.82) is 0 Å². The van der Waals surface area contributed by atoms with Crippen molar-refractivity contribution >= 4 is 23.2 Å². The minimum absolute atomic E-state index is 0.0426. The predicted octanol–water partition coefficient (Wildman–Crippen LogP) is 4.28. The van der Waals surface area contributed by atoms with E-state index in [0.717, 1.165) is 17.7 Å². The number of hydrogen-bond donors (Lipinski definition) is 0. The predicted molar refractivity (Wildman–Crippen MR) is 108 cm³/mol. The molecule has 0 bridgehead atoms. The maximum atomic E-state index is 14.1. The highest BCUT2D eigenvalue weighted by molar-refractivity contribution is 6.31. The first-order valence-corrected chi connectivity index (χ1v) is 9.39. The third-order valence-electron chi connectivity index (χ3n) is 5.07. The van der Waals surface area contributed by atoms with Crippen LogP contribution in [0.15, 0.2) is 65.6 Å². The topological polar surface area (TPSA) is 42.3 Å². The van der Waals surface area contributed by atoms with E-state index in [1.807, 2.05) is 31.2 Å². The normalized spacial score (nSPS) is 15.5. The number of fused-ring (bicyclic) bond motifs is 1. The van der Waals surface area contributed by atoms with Crippen LogP contribution in [0.5, 0.6) is 0 Å². The quantitative estimate of drug-likeness (QED) is 0.663. The van der Waals surface area contributed by atoms with Crippen molar-refractivity contribution in [2.45, 2.75) is 25.9 Å². The number of amides is 1. The fourth-order valence-electron chi connectivity index (χ4n) is 3.68. The van der Waals surface area contributed by atoms with Crippen molar-refractivity contribution < 1.29 is 9.18 Å². The van der Waals surface area contributed by atoms with Crippen LogP contribution >= 0.6 is 11.6 Å². The van der Waals surface area contributed by atoms with E-state index in [9.17, 15) is 14.0 Å². The lowest BCUT2D eigenvalue weighted by Gasteiger charge is -2.22. The molecular weight excluding hydrogens is 379 g/mol. The van der Waals surface area contributed by atoms with Crippen LogP contribution in [0.4, 0.5) is 10.1 Å². The minimum Gasteiger partial charge on any atom is -0.310 e. The number of carbonyl (C=O) groups excluding carboxylic acids is 1. The van der Waals surface area contributed by atoms with Crippen molar-refractivity contribution in [3.05, 3.63) is 98.7 Å². The van der Waals surface area contributed by atoms with Crippen LogP contribution in [0, 0.1) is 5.82 Å². The number of nitrogens with zero attached hydrogens (tertiary/aromatic N) is 2. The largest absolute Gasteiger partial charge is 0.310 e. The summed E-state index contributed by atoms with van der Waals surface area (Å²) in [5.74, 6) is -0.838. The Bertz CT molecular complexity index is 1110. The van der Waals surface area contributed by atoms with Gasteiger partial charge in [-0.3, -0.25) is 9.59 Å². The number of para-hydroxylation sites is 1. The van der Waals surface area contributed by atoms with Crippen LogP contribution in [0.1, 0.15) is 28.4 Å². The van der Waals surface area contributed by atoms with Gasteiger partial charge in [-0.1, -0.05) is 35.9 Å². The summed E-state index contributed by atoms with van der Waals surface area (Å²) >= 11 is 6.08. The molecule has 0 aliphatic carbocycles. The number of aromatic nitrogens is 1. The van der Waals surface area contributed by atoms with E-state index in [-0.39, 0.29) is 34.6 Å². The van der Waals surface area contributed by atoms with Gasteiger partial charge in [0.05, 0.1) is 6.54 Å². The molecule has 142 valence electrons. The molecular formula is C22H18ClFN2O2. The van der Waals surface area contributed by atoms with Crippen LogP contribution in [0.2, 0.25) is 5.02 Å². The second kappa shape index (κ2) is 7.24. The highest BCUT2D eigenvalue weighted by Crippen LogP contribution is 2.32. The Hall–Kier alpha value is -2.92. The summed E-state index contributed by atoms with van der Waals surface area (Å²) in [5.41, 5.74) is 1.71. The SMILES string of the molecule is CC1Cc2ccccc2N1C(=O)c1cccn(Cc2c(F)cccc2Cl)c1=O. The molecule has 1 amide bonds. The zero-order valence-corrected chi connectivity index (χ0v) is 16.0. The van der Waals surface area contributed by atoms with E-state index in [2.05, 4.69) is 0 Å². The maximum absolute atomic E-state index is 14.1. The van der Waals surface area contributed by atoms with Gasteiger partial charge in [-0.05, 0) is 49.2 Å². The third-order valence-corrected chi connectivity index (χ3v) is 5.42. The first kappa shape index (κ1) is 18.4. The van der Waals surface area contributed by atoms with E-state index in [4.69, 9.17) is 11.6 Å². The number of carbonyl (C=O) groups is 1. The van der Waals surface area contributed by atoms with E-state index in [0.29, 0.717) is 0 Å². The molecule has 6 heteroatoms. The number of halogens is 2. The molecule has 0 radical (unpaired) electrons. The Balaban J connectivity index is 1.72. The summed E-state index contributed by atoms with van der Waals surface area (Å²) in [4.78, 5) is 27.8. The second-order valence-electron chi connectivity index (χ2n) is 6.91. The van der Waals surface area contributed by atoms with Crippen molar-refractivity contribution in [2.24, 2.45) is 0 Å². The van der Waals surface area contributed by atoms with Crippen LogP contribution < -0.4 is 10.5 Å². The van der Waals surface area contributed by atoms with Crippen molar-refractivity contribution in [2.75, 3.05) is 4.90 Å². The summed E-state index contributed by atoms with van der Waals surface area (Å²) in [5, 5.41) is 0.241. The highest BCUT2D eigenvalue weighted by Gasteiger charge is 2.32. The van der Waals surface area contributed by atoms with Gasteiger partial charge in [0.1, 0.15) is 11.4 Å². The number of benzene rings is 2. The van der Waals surface area contributed by atoms with Gasteiger partial charge in [0.2, 0.25) is 0 Å². The van der Waals surface area contributed by atoms with Crippen LogP contribution in [0.25, 0.3) is 0 Å². The molecule has 2 heterocycles. The lowest BCUT2D eigenvalue weighted by atomic mass is 10.1. The Morgan fingerprint density at radius 2 is 1.93 bits per heavy atom. The fraction of sp³-hybridized carbons (Fsp3) is 0.182. The highest BCUT2D eigenvalue weighted by atomic mass is 35.5. The van der Waals surface area contributed by atoms with Gasteiger partial charge < -0.3 is 9.47 Å². The zero-order valence-electron chi connectivity index (χ0n) is 15.2. The molecule has 0 saturated carbocycles. The molecule has 1 atom stereocenters. The first-order chi connectivity index (χ1) is 13.5.